The van der Waals surface area contributed by atoms with Gasteiger partial charge in [0.1, 0.15) is 0 Å². The highest BCUT2D eigenvalue weighted by molar-refractivity contribution is 9.41. The van der Waals surface area contributed by atoms with Crippen LogP contribution >= 0.6 is 72.2 Å². The number of thiazole rings is 1. The Morgan fingerprint density at radius 1 is 1.07 bits per heavy atom. The normalized spacial score (nSPS) is 16.1. The van der Waals surface area contributed by atoms with E-state index in [0.29, 0.717) is 6.10 Å². The van der Waals surface area contributed by atoms with Gasteiger partial charge in [-0.1, -0.05) is 42.2 Å². The highest BCUT2D eigenvalue weighted by atomic mass is 33.9. The molecule has 1 saturated carbocycles. The van der Waals surface area contributed by atoms with Crippen LogP contribution in [0.15, 0.2) is 28.6 Å². The van der Waals surface area contributed by atoms with E-state index >= 15 is 0 Å². The monoisotopic (exact) mass is 525 g/mol. The lowest BCUT2D eigenvalue weighted by atomic mass is 9.98. The van der Waals surface area contributed by atoms with Gasteiger partial charge in [-0.05, 0) is 101 Å². The van der Waals surface area contributed by atoms with Gasteiger partial charge in [-0.25, -0.2) is 4.98 Å². The topological polar surface area (TPSA) is 22.1 Å². The molecule has 10 heteroatoms. The molecule has 156 valence electrons. The Balaban J connectivity index is 1.18. The molecule has 0 atom stereocenters. The molecule has 0 radical (unpaired) electrons. The molecule has 1 aromatic carbocycles. The third kappa shape index (κ3) is 8.86. The number of hydrogen-bond acceptors (Lipinski definition) is 9. The first-order valence-corrected chi connectivity index (χ1v) is 21.2. The predicted octanol–water partition coefficient (Wildman–Crippen LogP) is 9.57. The van der Waals surface area contributed by atoms with E-state index in [-0.39, 0.29) is 0 Å². The largest absolute Gasteiger partial charge is 0.414 e. The quantitative estimate of drug-likeness (QED) is 0.153. The van der Waals surface area contributed by atoms with Crippen molar-refractivity contribution in [3.05, 3.63) is 24.3 Å². The van der Waals surface area contributed by atoms with Crippen molar-refractivity contribution in [2.45, 2.75) is 68.1 Å². The zero-order chi connectivity index (χ0) is 19.7. The lowest BCUT2D eigenvalue weighted by Crippen LogP contribution is -2.36. The second kappa shape index (κ2) is 13.1. The standard InChI is InChI=1S/C18H27NOS7Si/c1-28(2,20-15-9-4-3-5-10-15)14-8-13-21-24-26-27-25-23-18-19-16-11-6-7-12-17(16)22-18/h6-7,11-12,15H,3-5,8-10,13-14H2,1-2H3. The first-order valence-electron chi connectivity index (χ1n) is 9.62. The van der Waals surface area contributed by atoms with Crippen molar-refractivity contribution in [2.24, 2.45) is 0 Å². The summed E-state index contributed by atoms with van der Waals surface area (Å²) < 4.78 is 8.92. The molecule has 0 bridgehead atoms. The molecule has 1 aromatic heterocycles. The maximum absolute atomic E-state index is 6.50. The summed E-state index contributed by atoms with van der Waals surface area (Å²) in [6, 6.07) is 9.64. The molecule has 0 spiro atoms. The molecule has 2 aromatic rings. The van der Waals surface area contributed by atoms with Crippen LogP contribution < -0.4 is 0 Å². The van der Waals surface area contributed by atoms with E-state index in [4.69, 9.17) is 4.43 Å². The van der Waals surface area contributed by atoms with E-state index in [1.165, 1.54) is 55.0 Å². The van der Waals surface area contributed by atoms with Crippen molar-refractivity contribution in [3.8, 4) is 0 Å². The lowest BCUT2D eigenvalue weighted by molar-refractivity contribution is 0.145. The zero-order valence-corrected chi connectivity index (χ0v) is 23.0. The van der Waals surface area contributed by atoms with E-state index in [9.17, 15) is 0 Å². The molecule has 0 amide bonds. The van der Waals surface area contributed by atoms with E-state index in [1.807, 2.05) is 46.3 Å². The Morgan fingerprint density at radius 3 is 2.68 bits per heavy atom. The molecule has 1 aliphatic carbocycles. The van der Waals surface area contributed by atoms with E-state index in [0.717, 1.165) is 9.86 Å². The number of para-hydroxylation sites is 1. The summed E-state index contributed by atoms with van der Waals surface area (Å²) in [5, 5.41) is 0. The van der Waals surface area contributed by atoms with Gasteiger partial charge in [0.05, 0.1) is 10.2 Å². The average molecular weight is 526 g/mol. The number of hydrogen-bond donors (Lipinski definition) is 0. The number of nitrogens with zero attached hydrogens (tertiary/aromatic N) is 1. The molecule has 3 rings (SSSR count). The van der Waals surface area contributed by atoms with Crippen molar-refractivity contribution in [2.75, 3.05) is 5.75 Å². The second-order valence-corrected chi connectivity index (χ2v) is 22.4. The van der Waals surface area contributed by atoms with Crippen molar-refractivity contribution in [1.29, 1.82) is 0 Å². The molecule has 2 nitrogen and oxygen atoms in total. The van der Waals surface area contributed by atoms with Crippen molar-refractivity contribution >= 4 is 90.8 Å². The molecular weight excluding hydrogens is 499 g/mol. The van der Waals surface area contributed by atoms with E-state index in [1.54, 1.807) is 32.0 Å². The van der Waals surface area contributed by atoms with E-state index < -0.39 is 8.32 Å². The zero-order valence-electron chi connectivity index (χ0n) is 16.3. The summed E-state index contributed by atoms with van der Waals surface area (Å²) >= 11 is 1.78. The second-order valence-electron chi connectivity index (χ2n) is 7.37. The Labute approximate surface area is 196 Å². The molecule has 0 saturated heterocycles. The summed E-state index contributed by atoms with van der Waals surface area (Å²) in [5.74, 6) is 1.22. The van der Waals surface area contributed by atoms with Crippen molar-refractivity contribution < 1.29 is 4.43 Å². The van der Waals surface area contributed by atoms with Gasteiger partial charge in [-0.2, -0.15) is 0 Å². The Bertz CT molecular complexity index is 675. The van der Waals surface area contributed by atoms with Gasteiger partial charge in [0, 0.05) is 11.9 Å². The summed E-state index contributed by atoms with van der Waals surface area (Å²) in [5.41, 5.74) is 1.11. The first kappa shape index (κ1) is 24.0. The van der Waals surface area contributed by atoms with Gasteiger partial charge in [0.25, 0.3) is 0 Å². The number of benzene rings is 1. The fraction of sp³-hybridized carbons (Fsp3) is 0.611. The number of rotatable bonds is 12. The third-order valence-electron chi connectivity index (χ3n) is 4.56. The lowest BCUT2D eigenvalue weighted by Gasteiger charge is -2.31. The van der Waals surface area contributed by atoms with Gasteiger partial charge in [0.15, 0.2) is 12.7 Å². The number of fused-ring (bicyclic) bond motifs is 1. The van der Waals surface area contributed by atoms with Gasteiger partial charge < -0.3 is 4.43 Å². The summed E-state index contributed by atoms with van der Waals surface area (Å²) in [6.45, 7) is 4.81. The van der Waals surface area contributed by atoms with Crippen LogP contribution in [0.1, 0.15) is 38.5 Å². The Morgan fingerprint density at radius 2 is 1.86 bits per heavy atom. The maximum Gasteiger partial charge on any atom is 0.187 e. The highest BCUT2D eigenvalue weighted by Gasteiger charge is 2.27. The van der Waals surface area contributed by atoms with Crippen molar-refractivity contribution in [1.82, 2.24) is 4.98 Å². The third-order valence-corrected chi connectivity index (χ3v) is 19.2. The predicted molar refractivity (Wildman–Crippen MR) is 143 cm³/mol. The minimum Gasteiger partial charge on any atom is -0.414 e. The highest BCUT2D eigenvalue weighted by Crippen LogP contribution is 2.54. The number of aromatic nitrogens is 1. The Hall–Kier alpha value is 1.39. The van der Waals surface area contributed by atoms with Crippen LogP contribution in [-0.4, -0.2) is 25.2 Å². The molecule has 0 N–H and O–H groups in total. The summed E-state index contributed by atoms with van der Waals surface area (Å²) in [6.07, 6.45) is 8.57. The molecule has 0 aliphatic heterocycles. The minimum atomic E-state index is -1.47. The van der Waals surface area contributed by atoms with Crippen molar-refractivity contribution in [3.63, 3.8) is 0 Å². The van der Waals surface area contributed by atoms with Crippen LogP contribution in [0, 0.1) is 0 Å². The average Bonchev–Trinajstić information content (AvgIpc) is 3.10. The minimum absolute atomic E-state index is 0.564. The fourth-order valence-corrected chi connectivity index (χ4v) is 18.6. The van der Waals surface area contributed by atoms with Crippen LogP contribution in [0.4, 0.5) is 0 Å². The van der Waals surface area contributed by atoms with Gasteiger partial charge in [0.2, 0.25) is 0 Å². The molecule has 0 unspecified atom stereocenters. The van der Waals surface area contributed by atoms with Crippen LogP contribution in [0.25, 0.3) is 10.2 Å². The van der Waals surface area contributed by atoms with Crippen LogP contribution in [-0.2, 0) is 4.43 Å². The summed E-state index contributed by atoms with van der Waals surface area (Å²) in [4.78, 5) is 4.65. The molecule has 1 aliphatic rings. The molecular formula is C18H27NOS7Si. The van der Waals surface area contributed by atoms with Crippen LogP contribution in [0.5, 0.6) is 0 Å². The molecule has 1 fully saturated rings. The first-order chi connectivity index (χ1) is 13.6. The maximum atomic E-state index is 6.50. The fourth-order valence-electron chi connectivity index (χ4n) is 3.26. The van der Waals surface area contributed by atoms with E-state index in [2.05, 4.69) is 36.3 Å². The van der Waals surface area contributed by atoms with Crippen LogP contribution in [0.3, 0.4) is 0 Å². The van der Waals surface area contributed by atoms with Gasteiger partial charge >= 0.3 is 0 Å². The smallest absolute Gasteiger partial charge is 0.187 e. The van der Waals surface area contributed by atoms with Gasteiger partial charge in [-0.15, -0.1) is 11.3 Å². The van der Waals surface area contributed by atoms with Crippen LogP contribution in [0.2, 0.25) is 19.1 Å². The SMILES string of the molecule is C[Si](C)(CCCSSSSSSc1nc2ccccc2s1)OC1CCCCC1. The molecule has 1 heterocycles. The molecule has 28 heavy (non-hydrogen) atoms. The summed E-state index contributed by atoms with van der Waals surface area (Å²) in [7, 11) is 9.68. The van der Waals surface area contributed by atoms with Gasteiger partial charge in [-0.3, -0.25) is 0 Å². The Kier molecular flexibility index (Phi) is 11.2.